The normalized spacial score (nSPS) is 22.6. The molecule has 7 heteroatoms. The Balaban J connectivity index is 1.56. The Morgan fingerprint density at radius 1 is 1.17 bits per heavy atom. The number of hydrogen-bond donors (Lipinski definition) is 1. The first-order valence-electron chi connectivity index (χ1n) is 8.47. The van der Waals surface area contributed by atoms with Gasteiger partial charge in [0.1, 0.15) is 5.82 Å². The van der Waals surface area contributed by atoms with E-state index in [0.29, 0.717) is 18.8 Å². The SMILES string of the molecule is CN1CCN(c2ccc(NC(=O)[C@@H]3CCN(C)C(=O)C3)nc2)CC1. The summed E-state index contributed by atoms with van der Waals surface area (Å²) in [5.74, 6) is 0.202. The average Bonchev–Trinajstić information content (AvgIpc) is 2.59. The van der Waals surface area contributed by atoms with Gasteiger partial charge in [0, 0.05) is 52.1 Å². The summed E-state index contributed by atoms with van der Waals surface area (Å²) in [4.78, 5) is 34.7. The van der Waals surface area contributed by atoms with Crippen LogP contribution in [-0.4, -0.2) is 73.4 Å². The number of aromatic nitrogens is 1. The first-order valence-corrected chi connectivity index (χ1v) is 8.47. The van der Waals surface area contributed by atoms with Gasteiger partial charge in [-0.25, -0.2) is 4.98 Å². The maximum atomic E-state index is 12.3. The van der Waals surface area contributed by atoms with Crippen LogP contribution in [0.3, 0.4) is 0 Å². The fraction of sp³-hybridized carbons (Fsp3) is 0.588. The second-order valence-electron chi connectivity index (χ2n) is 6.69. The third-order valence-electron chi connectivity index (χ3n) is 4.90. The van der Waals surface area contributed by atoms with Crippen LogP contribution < -0.4 is 10.2 Å². The van der Waals surface area contributed by atoms with Crippen molar-refractivity contribution in [3.63, 3.8) is 0 Å². The number of carbonyl (C=O) groups excluding carboxylic acids is 2. The van der Waals surface area contributed by atoms with E-state index in [1.807, 2.05) is 12.1 Å². The molecule has 0 spiro atoms. The van der Waals surface area contributed by atoms with Gasteiger partial charge in [-0.1, -0.05) is 0 Å². The Hall–Kier alpha value is -2.15. The summed E-state index contributed by atoms with van der Waals surface area (Å²) < 4.78 is 0. The molecule has 0 bridgehead atoms. The Labute approximate surface area is 142 Å². The molecule has 2 aliphatic heterocycles. The molecule has 130 valence electrons. The summed E-state index contributed by atoms with van der Waals surface area (Å²) in [6.07, 6.45) is 2.79. The molecule has 0 saturated carbocycles. The number of piperidine rings is 1. The maximum absolute atomic E-state index is 12.3. The number of nitrogens with zero attached hydrogens (tertiary/aromatic N) is 4. The van der Waals surface area contributed by atoms with E-state index < -0.39 is 0 Å². The van der Waals surface area contributed by atoms with Gasteiger partial charge in [-0.2, -0.15) is 0 Å². The molecule has 3 rings (SSSR count). The predicted octanol–water partition coefficient (Wildman–Crippen LogP) is 0.640. The minimum absolute atomic E-state index is 0.0276. The first kappa shape index (κ1) is 16.7. The second-order valence-corrected chi connectivity index (χ2v) is 6.69. The smallest absolute Gasteiger partial charge is 0.229 e. The number of pyridine rings is 1. The number of nitrogens with one attached hydrogen (secondary N) is 1. The van der Waals surface area contributed by atoms with Gasteiger partial charge in [0.25, 0.3) is 0 Å². The van der Waals surface area contributed by atoms with Crippen LogP contribution in [-0.2, 0) is 9.59 Å². The van der Waals surface area contributed by atoms with Gasteiger partial charge in [-0.3, -0.25) is 9.59 Å². The van der Waals surface area contributed by atoms with Crippen LogP contribution >= 0.6 is 0 Å². The molecule has 24 heavy (non-hydrogen) atoms. The highest BCUT2D eigenvalue weighted by Crippen LogP contribution is 2.20. The van der Waals surface area contributed by atoms with Crippen molar-refractivity contribution < 1.29 is 9.59 Å². The number of likely N-dealkylation sites (N-methyl/N-ethyl adjacent to an activating group) is 1. The molecule has 0 aromatic carbocycles. The number of likely N-dealkylation sites (tertiary alicyclic amines) is 1. The van der Waals surface area contributed by atoms with E-state index in [2.05, 4.69) is 27.1 Å². The first-order chi connectivity index (χ1) is 11.5. The number of amides is 2. The van der Waals surface area contributed by atoms with Gasteiger partial charge in [-0.15, -0.1) is 0 Å². The van der Waals surface area contributed by atoms with Gasteiger partial charge in [-0.05, 0) is 25.6 Å². The Morgan fingerprint density at radius 2 is 1.92 bits per heavy atom. The molecule has 0 aliphatic carbocycles. The molecular weight excluding hydrogens is 306 g/mol. The highest BCUT2D eigenvalue weighted by molar-refractivity contribution is 5.95. The zero-order valence-corrected chi connectivity index (χ0v) is 14.4. The lowest BCUT2D eigenvalue weighted by atomic mass is 9.96. The number of anilines is 2. The molecule has 2 fully saturated rings. The minimum Gasteiger partial charge on any atom is -0.368 e. The molecule has 3 heterocycles. The quantitative estimate of drug-likeness (QED) is 0.880. The van der Waals surface area contributed by atoms with Crippen molar-refractivity contribution in [3.8, 4) is 0 Å². The van der Waals surface area contributed by atoms with Gasteiger partial charge >= 0.3 is 0 Å². The Bertz CT molecular complexity index is 596. The van der Waals surface area contributed by atoms with Gasteiger partial charge in [0.2, 0.25) is 11.8 Å². The molecule has 0 radical (unpaired) electrons. The number of rotatable bonds is 3. The standard InChI is InChI=1S/C17H25N5O2/c1-20-7-9-22(10-8-20)14-3-4-15(18-12-14)19-17(24)13-5-6-21(2)16(23)11-13/h3-4,12-13H,5-11H2,1-2H3,(H,18,19,24)/t13-/m1/s1. The molecule has 7 nitrogen and oxygen atoms in total. The van der Waals surface area contributed by atoms with Gasteiger partial charge in [0.05, 0.1) is 11.9 Å². The van der Waals surface area contributed by atoms with E-state index in [0.717, 1.165) is 31.9 Å². The van der Waals surface area contributed by atoms with E-state index in [4.69, 9.17) is 0 Å². The van der Waals surface area contributed by atoms with Crippen LogP contribution in [0.25, 0.3) is 0 Å². The van der Waals surface area contributed by atoms with E-state index in [9.17, 15) is 9.59 Å². The van der Waals surface area contributed by atoms with E-state index in [1.54, 1.807) is 18.1 Å². The van der Waals surface area contributed by atoms with Crippen molar-refractivity contribution in [2.24, 2.45) is 5.92 Å². The molecule has 1 N–H and O–H groups in total. The zero-order chi connectivity index (χ0) is 17.1. The largest absolute Gasteiger partial charge is 0.368 e. The lowest BCUT2D eigenvalue weighted by Gasteiger charge is -2.33. The lowest BCUT2D eigenvalue weighted by Crippen LogP contribution is -2.44. The van der Waals surface area contributed by atoms with Crippen LogP contribution in [0.4, 0.5) is 11.5 Å². The van der Waals surface area contributed by atoms with Crippen LogP contribution in [0.15, 0.2) is 18.3 Å². The van der Waals surface area contributed by atoms with Crippen molar-refractivity contribution in [2.75, 3.05) is 57.0 Å². The molecule has 2 amide bonds. The van der Waals surface area contributed by atoms with Crippen molar-refractivity contribution >= 4 is 23.3 Å². The maximum Gasteiger partial charge on any atom is 0.229 e. The van der Waals surface area contributed by atoms with Gasteiger partial charge in [0.15, 0.2) is 0 Å². The van der Waals surface area contributed by atoms with E-state index in [1.165, 1.54) is 0 Å². The zero-order valence-electron chi connectivity index (χ0n) is 14.4. The van der Waals surface area contributed by atoms with Crippen LogP contribution in [0.5, 0.6) is 0 Å². The predicted molar refractivity (Wildman–Crippen MR) is 92.9 cm³/mol. The molecule has 1 aromatic heterocycles. The third kappa shape index (κ3) is 3.84. The molecule has 2 aliphatic rings. The molecular formula is C17H25N5O2. The fourth-order valence-electron chi connectivity index (χ4n) is 3.11. The summed E-state index contributed by atoms with van der Waals surface area (Å²) in [5.41, 5.74) is 1.08. The highest BCUT2D eigenvalue weighted by Gasteiger charge is 2.28. The Kier molecular flexibility index (Phi) is 4.99. The average molecular weight is 331 g/mol. The van der Waals surface area contributed by atoms with E-state index in [-0.39, 0.29) is 24.2 Å². The molecule has 1 atom stereocenters. The van der Waals surface area contributed by atoms with E-state index >= 15 is 0 Å². The summed E-state index contributed by atoms with van der Waals surface area (Å²) in [7, 11) is 3.90. The third-order valence-corrected chi connectivity index (χ3v) is 4.90. The molecule has 1 aromatic rings. The minimum atomic E-state index is -0.257. The molecule has 2 saturated heterocycles. The van der Waals surface area contributed by atoms with Crippen LogP contribution in [0.1, 0.15) is 12.8 Å². The second kappa shape index (κ2) is 7.17. The van der Waals surface area contributed by atoms with Crippen molar-refractivity contribution in [3.05, 3.63) is 18.3 Å². The Morgan fingerprint density at radius 3 is 2.54 bits per heavy atom. The number of hydrogen-bond acceptors (Lipinski definition) is 5. The summed E-state index contributed by atoms with van der Waals surface area (Å²) in [6, 6.07) is 3.83. The van der Waals surface area contributed by atoms with Gasteiger partial charge < -0.3 is 20.0 Å². The molecule has 0 unspecified atom stereocenters. The van der Waals surface area contributed by atoms with Crippen molar-refractivity contribution in [1.82, 2.24) is 14.8 Å². The number of piperazine rings is 1. The highest BCUT2D eigenvalue weighted by atomic mass is 16.2. The lowest BCUT2D eigenvalue weighted by molar-refractivity contribution is -0.137. The summed E-state index contributed by atoms with van der Waals surface area (Å²) >= 11 is 0. The van der Waals surface area contributed by atoms with Crippen LogP contribution in [0.2, 0.25) is 0 Å². The fourth-order valence-corrected chi connectivity index (χ4v) is 3.11. The van der Waals surface area contributed by atoms with Crippen molar-refractivity contribution in [2.45, 2.75) is 12.8 Å². The number of carbonyl (C=O) groups is 2. The topological polar surface area (TPSA) is 68.8 Å². The van der Waals surface area contributed by atoms with Crippen LogP contribution in [0, 0.1) is 5.92 Å². The summed E-state index contributed by atoms with van der Waals surface area (Å²) in [6.45, 7) is 4.70. The van der Waals surface area contributed by atoms with Crippen molar-refractivity contribution in [1.29, 1.82) is 0 Å². The summed E-state index contributed by atoms with van der Waals surface area (Å²) in [5, 5.41) is 2.84. The monoisotopic (exact) mass is 331 g/mol.